The second kappa shape index (κ2) is 9.12. The van der Waals surface area contributed by atoms with E-state index in [2.05, 4.69) is 5.92 Å². The molecular formula is C5H7Na. The molecule has 0 aromatic rings. The molecule has 0 heterocycles. The monoisotopic (exact) mass is 90.0 g/mol. The fourth-order valence-electron chi connectivity index (χ4n) is 0.125. The summed E-state index contributed by atoms with van der Waals surface area (Å²) in [4.78, 5) is 0. The van der Waals surface area contributed by atoms with Crippen molar-refractivity contribution in [3.05, 3.63) is 6.42 Å². The molecule has 0 N–H and O–H groups in total. The summed E-state index contributed by atoms with van der Waals surface area (Å²) in [5.41, 5.74) is 0. The van der Waals surface area contributed by atoms with Crippen molar-refractivity contribution in [1.82, 2.24) is 0 Å². The van der Waals surface area contributed by atoms with Crippen LogP contribution in [0.25, 0.3) is 0 Å². The van der Waals surface area contributed by atoms with Crippen LogP contribution in [-0.4, -0.2) is 0 Å². The Hall–Kier alpha value is 0.560. The SMILES string of the molecule is [C-]#CCCC.[Na+]. The van der Waals surface area contributed by atoms with E-state index in [1.807, 2.05) is 6.92 Å². The molecular weight excluding hydrogens is 83.0 g/mol. The Morgan fingerprint density at radius 3 is 2.17 bits per heavy atom. The maximum absolute atomic E-state index is 6.35. The van der Waals surface area contributed by atoms with Crippen molar-refractivity contribution in [1.29, 1.82) is 0 Å². The second-order valence-electron chi connectivity index (χ2n) is 0.927. The molecule has 0 nitrogen and oxygen atoms in total. The Morgan fingerprint density at radius 1 is 1.67 bits per heavy atom. The summed E-state index contributed by atoms with van der Waals surface area (Å²) in [6, 6.07) is 0. The molecule has 28 valence electrons. The molecule has 0 amide bonds. The van der Waals surface area contributed by atoms with Gasteiger partial charge < -0.3 is 12.3 Å². The normalized spacial score (nSPS) is 5.33. The number of hydrogen-bond donors (Lipinski definition) is 0. The molecule has 0 spiro atoms. The van der Waals surface area contributed by atoms with Crippen molar-refractivity contribution in [3.63, 3.8) is 0 Å². The predicted octanol–water partition coefficient (Wildman–Crippen LogP) is -1.62. The summed E-state index contributed by atoms with van der Waals surface area (Å²) < 4.78 is 0. The first kappa shape index (κ1) is 9.75. The molecule has 0 bridgehead atoms. The van der Waals surface area contributed by atoms with Gasteiger partial charge >= 0.3 is 29.6 Å². The van der Waals surface area contributed by atoms with Crippen LogP contribution in [0.2, 0.25) is 0 Å². The van der Waals surface area contributed by atoms with E-state index in [9.17, 15) is 0 Å². The summed E-state index contributed by atoms with van der Waals surface area (Å²) >= 11 is 0. The Balaban J connectivity index is 0. The Kier molecular flexibility index (Phi) is 14.8. The van der Waals surface area contributed by atoms with Gasteiger partial charge in [0.15, 0.2) is 0 Å². The first-order valence-electron chi connectivity index (χ1n) is 1.81. The van der Waals surface area contributed by atoms with Crippen molar-refractivity contribution in [3.8, 4) is 5.92 Å². The summed E-state index contributed by atoms with van der Waals surface area (Å²) in [5, 5.41) is 0. The van der Waals surface area contributed by atoms with Gasteiger partial charge in [0.05, 0.1) is 0 Å². The van der Waals surface area contributed by atoms with E-state index in [1.54, 1.807) is 0 Å². The molecule has 0 unspecified atom stereocenters. The van der Waals surface area contributed by atoms with E-state index in [-0.39, 0.29) is 29.6 Å². The van der Waals surface area contributed by atoms with E-state index >= 15 is 0 Å². The molecule has 0 saturated carbocycles. The minimum atomic E-state index is 0. The zero-order chi connectivity index (χ0) is 4.12. The smallest absolute Gasteiger partial charge is 0.694 e. The van der Waals surface area contributed by atoms with E-state index in [0.717, 1.165) is 12.8 Å². The van der Waals surface area contributed by atoms with Gasteiger partial charge in [-0.2, -0.15) is 0 Å². The van der Waals surface area contributed by atoms with Gasteiger partial charge in [0.2, 0.25) is 0 Å². The fraction of sp³-hybridized carbons (Fsp3) is 0.600. The van der Waals surface area contributed by atoms with Crippen LogP contribution in [-0.2, 0) is 0 Å². The minimum absolute atomic E-state index is 0. The standard InChI is InChI=1S/C5H7.Na/c1-3-5-4-2;/h3,5H2,1H3;/q-1;+1. The third kappa shape index (κ3) is 8.82. The molecule has 0 aromatic heterocycles. The molecule has 0 rings (SSSR count). The number of rotatable bonds is 1. The molecule has 0 fully saturated rings. The third-order valence-electron chi connectivity index (χ3n) is 0.375. The Labute approximate surface area is 61.6 Å². The Bertz CT molecular complexity index is 42.4. The molecule has 0 aliphatic heterocycles. The van der Waals surface area contributed by atoms with Crippen molar-refractivity contribution in [2.75, 3.05) is 0 Å². The van der Waals surface area contributed by atoms with Gasteiger partial charge in [0.1, 0.15) is 0 Å². The number of hydrogen-bond acceptors (Lipinski definition) is 0. The predicted molar refractivity (Wildman–Crippen MR) is 22.0 cm³/mol. The average Bonchev–Trinajstić information content (AvgIpc) is 1.41. The van der Waals surface area contributed by atoms with Crippen LogP contribution in [0.1, 0.15) is 19.8 Å². The summed E-state index contributed by atoms with van der Waals surface area (Å²) in [6.45, 7) is 2.03. The zero-order valence-electron chi connectivity index (χ0n) is 4.41. The first-order chi connectivity index (χ1) is 2.41. The van der Waals surface area contributed by atoms with Crippen LogP contribution >= 0.6 is 0 Å². The number of unbranched alkanes of at least 4 members (excludes halogenated alkanes) is 1. The third-order valence-corrected chi connectivity index (χ3v) is 0.375. The van der Waals surface area contributed by atoms with Crippen LogP contribution in [0.5, 0.6) is 0 Å². The molecule has 1 heteroatoms. The van der Waals surface area contributed by atoms with Crippen LogP contribution in [0, 0.1) is 12.3 Å². The van der Waals surface area contributed by atoms with Crippen molar-refractivity contribution < 1.29 is 29.6 Å². The Morgan fingerprint density at radius 2 is 2.17 bits per heavy atom. The van der Waals surface area contributed by atoms with Gasteiger partial charge in [-0.05, 0) is 12.8 Å². The quantitative estimate of drug-likeness (QED) is 0.206. The van der Waals surface area contributed by atoms with Gasteiger partial charge in [-0.3, -0.25) is 0 Å². The molecule has 0 saturated heterocycles. The summed E-state index contributed by atoms with van der Waals surface area (Å²) in [6.07, 6.45) is 8.20. The molecule has 0 radical (unpaired) electrons. The second-order valence-corrected chi connectivity index (χ2v) is 0.927. The molecule has 0 aliphatic rings. The maximum Gasteiger partial charge on any atom is 1.00 e. The van der Waals surface area contributed by atoms with Crippen molar-refractivity contribution in [2.45, 2.75) is 19.8 Å². The molecule has 0 atom stereocenters. The van der Waals surface area contributed by atoms with Gasteiger partial charge in [-0.15, -0.1) is 0 Å². The van der Waals surface area contributed by atoms with E-state index in [1.165, 1.54) is 0 Å². The maximum atomic E-state index is 6.35. The zero-order valence-corrected chi connectivity index (χ0v) is 6.41. The first-order valence-corrected chi connectivity index (χ1v) is 1.81. The van der Waals surface area contributed by atoms with E-state index in [4.69, 9.17) is 6.42 Å². The van der Waals surface area contributed by atoms with Crippen molar-refractivity contribution >= 4 is 0 Å². The van der Waals surface area contributed by atoms with Crippen LogP contribution < -0.4 is 29.6 Å². The van der Waals surface area contributed by atoms with Gasteiger partial charge in [-0.1, -0.05) is 6.92 Å². The average molecular weight is 90.1 g/mol. The molecule has 0 aliphatic carbocycles. The topological polar surface area (TPSA) is 0 Å². The van der Waals surface area contributed by atoms with Crippen molar-refractivity contribution in [2.24, 2.45) is 0 Å². The molecule has 6 heavy (non-hydrogen) atoms. The fourth-order valence-corrected chi connectivity index (χ4v) is 0.125. The van der Waals surface area contributed by atoms with Crippen LogP contribution in [0.15, 0.2) is 0 Å². The van der Waals surface area contributed by atoms with E-state index in [0.29, 0.717) is 0 Å². The van der Waals surface area contributed by atoms with Gasteiger partial charge in [0.25, 0.3) is 0 Å². The molecule has 0 aromatic carbocycles. The summed E-state index contributed by atoms with van der Waals surface area (Å²) in [7, 11) is 0. The van der Waals surface area contributed by atoms with E-state index < -0.39 is 0 Å². The largest absolute Gasteiger partial charge is 1.00 e. The minimum Gasteiger partial charge on any atom is -0.694 e. The van der Waals surface area contributed by atoms with Gasteiger partial charge in [-0.25, -0.2) is 0 Å². The van der Waals surface area contributed by atoms with Crippen LogP contribution in [0.3, 0.4) is 0 Å². The van der Waals surface area contributed by atoms with Gasteiger partial charge in [0, 0.05) is 0 Å². The van der Waals surface area contributed by atoms with Crippen LogP contribution in [0.4, 0.5) is 0 Å². The summed E-state index contributed by atoms with van der Waals surface area (Å²) in [5.74, 6) is 2.27.